The molecule has 0 radical (unpaired) electrons. The lowest BCUT2D eigenvalue weighted by molar-refractivity contribution is -0.135. The molecule has 0 aliphatic carbocycles. The zero-order valence-corrected chi connectivity index (χ0v) is 7.54. The van der Waals surface area contributed by atoms with Crippen LogP contribution in [-0.2, 0) is 9.53 Å². The molecule has 0 atom stereocenters. The molecule has 0 bridgehead atoms. The van der Waals surface area contributed by atoms with Crippen molar-refractivity contribution < 1.29 is 14.7 Å². The van der Waals surface area contributed by atoms with Crippen LogP contribution < -0.4 is 0 Å². The number of carbonyl (C=O) groups is 1. The van der Waals surface area contributed by atoms with Gasteiger partial charge in [0, 0.05) is 6.20 Å². The molecule has 0 saturated carbocycles. The Morgan fingerprint density at radius 2 is 2.50 bits per heavy atom. The van der Waals surface area contributed by atoms with E-state index >= 15 is 0 Å². The van der Waals surface area contributed by atoms with Crippen LogP contribution in [0, 0.1) is 0 Å². The fraction of sp³-hybridized carbons (Fsp3) is 0.250. The monoisotopic (exact) mass is 195 g/mol. The minimum Gasteiger partial charge on any atom is -0.461 e. The first-order chi connectivity index (χ1) is 6.79. The Bertz CT molecular complexity index is 337. The summed E-state index contributed by atoms with van der Waals surface area (Å²) >= 11 is 0. The first-order valence-electron chi connectivity index (χ1n) is 3.96. The van der Waals surface area contributed by atoms with Crippen LogP contribution in [0.15, 0.2) is 23.5 Å². The average molecular weight is 195 g/mol. The normalized spacial score (nSPS) is 11.1. The Hall–Kier alpha value is -1.98. The van der Waals surface area contributed by atoms with Gasteiger partial charge in [-0.15, -0.1) is 5.10 Å². The molecule has 0 unspecified atom stereocenters. The quantitative estimate of drug-likeness (QED) is 0.322. The van der Waals surface area contributed by atoms with Crippen molar-refractivity contribution in [1.82, 2.24) is 10.2 Å². The van der Waals surface area contributed by atoms with Crippen LogP contribution in [0.4, 0.5) is 0 Å². The van der Waals surface area contributed by atoms with Crippen molar-refractivity contribution in [3.05, 3.63) is 24.0 Å². The number of hydrogen-bond acceptors (Lipinski definition) is 6. The van der Waals surface area contributed by atoms with E-state index in [9.17, 15) is 4.79 Å². The first-order valence-corrected chi connectivity index (χ1v) is 3.96. The van der Waals surface area contributed by atoms with Gasteiger partial charge in [0.05, 0.1) is 6.61 Å². The summed E-state index contributed by atoms with van der Waals surface area (Å²) in [6, 6.07) is 3.08. The molecule has 6 nitrogen and oxygen atoms in total. The van der Waals surface area contributed by atoms with Crippen LogP contribution >= 0.6 is 0 Å². The lowest BCUT2D eigenvalue weighted by atomic mass is 10.2. The van der Waals surface area contributed by atoms with Gasteiger partial charge in [0.25, 0.3) is 0 Å². The summed E-state index contributed by atoms with van der Waals surface area (Å²) in [6.45, 7) is 1.86. The number of esters is 1. The third kappa shape index (κ3) is 2.25. The van der Waals surface area contributed by atoms with E-state index in [-0.39, 0.29) is 18.0 Å². The Kier molecular flexibility index (Phi) is 3.54. The molecule has 0 amide bonds. The number of nitrogens with zero attached hydrogens (tertiary/aromatic N) is 3. The predicted octanol–water partition coefficient (Wildman–Crippen LogP) is 0.218. The summed E-state index contributed by atoms with van der Waals surface area (Å²) in [5.41, 5.74) is -0.0756. The summed E-state index contributed by atoms with van der Waals surface area (Å²) in [5.74, 6) is -0.726. The largest absolute Gasteiger partial charge is 0.461 e. The van der Waals surface area contributed by atoms with Crippen LogP contribution in [0.25, 0.3) is 0 Å². The smallest absolute Gasteiger partial charge is 0.362 e. The molecule has 0 aromatic carbocycles. The molecule has 14 heavy (non-hydrogen) atoms. The maximum absolute atomic E-state index is 11.2. The standard InChI is InChI=1S/C8H9N3O3/c1-2-14-8(12)7(11-13)6-4-3-5-9-10-6/h3-5,13H,2H2,1H3/b11-7+. The summed E-state index contributed by atoms with van der Waals surface area (Å²) in [4.78, 5) is 11.2. The van der Waals surface area contributed by atoms with Gasteiger partial charge in [-0.3, -0.25) is 0 Å². The van der Waals surface area contributed by atoms with Crippen molar-refractivity contribution >= 4 is 11.7 Å². The van der Waals surface area contributed by atoms with Crippen LogP contribution in [0.5, 0.6) is 0 Å². The van der Waals surface area contributed by atoms with E-state index in [0.717, 1.165) is 0 Å². The van der Waals surface area contributed by atoms with Crippen LogP contribution in [0.1, 0.15) is 12.6 Å². The average Bonchev–Trinajstić information content (AvgIpc) is 2.21. The molecule has 1 aromatic rings. The number of ether oxygens (including phenoxy) is 1. The third-order valence-corrected chi connectivity index (χ3v) is 1.38. The molecule has 1 N–H and O–H groups in total. The highest BCUT2D eigenvalue weighted by molar-refractivity contribution is 6.42. The maximum atomic E-state index is 11.2. The SMILES string of the molecule is CCOC(=O)/C(=N/O)c1cccnn1. The summed E-state index contributed by atoms with van der Waals surface area (Å²) < 4.78 is 4.65. The highest BCUT2D eigenvalue weighted by Crippen LogP contribution is 1.97. The summed E-state index contributed by atoms with van der Waals surface area (Å²) in [6.07, 6.45) is 1.45. The van der Waals surface area contributed by atoms with Gasteiger partial charge in [-0.2, -0.15) is 5.10 Å². The second kappa shape index (κ2) is 4.90. The van der Waals surface area contributed by atoms with Crippen molar-refractivity contribution in [2.45, 2.75) is 6.92 Å². The van der Waals surface area contributed by atoms with Crippen LogP contribution in [0.2, 0.25) is 0 Å². The van der Waals surface area contributed by atoms with Crippen molar-refractivity contribution in [1.29, 1.82) is 0 Å². The molecule has 1 rings (SSSR count). The minimum absolute atomic E-state index is 0.174. The van der Waals surface area contributed by atoms with E-state index in [4.69, 9.17) is 5.21 Å². The van der Waals surface area contributed by atoms with Gasteiger partial charge < -0.3 is 9.94 Å². The molecule has 0 aliphatic heterocycles. The van der Waals surface area contributed by atoms with E-state index in [1.807, 2.05) is 0 Å². The zero-order valence-electron chi connectivity index (χ0n) is 7.54. The van der Waals surface area contributed by atoms with E-state index in [1.54, 1.807) is 13.0 Å². The molecular weight excluding hydrogens is 186 g/mol. The van der Waals surface area contributed by atoms with Gasteiger partial charge in [-0.25, -0.2) is 4.79 Å². The second-order valence-corrected chi connectivity index (χ2v) is 2.28. The molecule has 74 valence electrons. The number of aromatic nitrogens is 2. The topological polar surface area (TPSA) is 84.7 Å². The zero-order chi connectivity index (χ0) is 10.4. The summed E-state index contributed by atoms with van der Waals surface area (Å²) in [5, 5.41) is 18.6. The van der Waals surface area contributed by atoms with Crippen LogP contribution in [-0.4, -0.2) is 33.7 Å². The van der Waals surface area contributed by atoms with E-state index < -0.39 is 5.97 Å². The van der Waals surface area contributed by atoms with Gasteiger partial charge in [0.15, 0.2) is 0 Å². The number of rotatable bonds is 3. The predicted molar refractivity (Wildman–Crippen MR) is 47.0 cm³/mol. The molecule has 0 aliphatic rings. The highest BCUT2D eigenvalue weighted by Gasteiger charge is 2.17. The number of carbonyl (C=O) groups excluding carboxylic acids is 1. The highest BCUT2D eigenvalue weighted by atomic mass is 16.5. The molecule has 0 fully saturated rings. The molecular formula is C8H9N3O3. The summed E-state index contributed by atoms with van der Waals surface area (Å²) in [7, 11) is 0. The van der Waals surface area contributed by atoms with Crippen molar-refractivity contribution in [3.8, 4) is 0 Å². The number of hydrogen-bond donors (Lipinski definition) is 1. The Balaban J connectivity index is 2.89. The van der Waals surface area contributed by atoms with E-state index in [1.165, 1.54) is 12.3 Å². The first kappa shape index (κ1) is 10.1. The van der Waals surface area contributed by atoms with E-state index in [2.05, 4.69) is 20.1 Å². The van der Waals surface area contributed by atoms with Crippen molar-refractivity contribution in [3.63, 3.8) is 0 Å². The van der Waals surface area contributed by atoms with E-state index in [0.29, 0.717) is 0 Å². The molecule has 6 heteroatoms. The molecule has 1 aromatic heterocycles. The lowest BCUT2D eigenvalue weighted by Crippen LogP contribution is -2.20. The van der Waals surface area contributed by atoms with Gasteiger partial charge in [0.2, 0.25) is 5.71 Å². The maximum Gasteiger partial charge on any atom is 0.362 e. The van der Waals surface area contributed by atoms with Crippen molar-refractivity contribution in [2.75, 3.05) is 6.61 Å². The fourth-order valence-electron chi connectivity index (χ4n) is 0.824. The lowest BCUT2D eigenvalue weighted by Gasteiger charge is -2.01. The fourth-order valence-corrected chi connectivity index (χ4v) is 0.824. The minimum atomic E-state index is -0.726. The Morgan fingerprint density at radius 1 is 1.71 bits per heavy atom. The molecule has 0 saturated heterocycles. The Morgan fingerprint density at radius 3 is 3.00 bits per heavy atom. The Labute approximate surface area is 80.2 Å². The third-order valence-electron chi connectivity index (χ3n) is 1.38. The molecule has 1 heterocycles. The van der Waals surface area contributed by atoms with Gasteiger partial charge in [0.1, 0.15) is 5.69 Å². The van der Waals surface area contributed by atoms with Gasteiger partial charge >= 0.3 is 5.97 Å². The van der Waals surface area contributed by atoms with Crippen molar-refractivity contribution in [2.24, 2.45) is 5.16 Å². The number of oxime groups is 1. The molecule has 0 spiro atoms. The second-order valence-electron chi connectivity index (χ2n) is 2.28. The van der Waals surface area contributed by atoms with Gasteiger partial charge in [-0.05, 0) is 19.1 Å². The van der Waals surface area contributed by atoms with Gasteiger partial charge in [-0.1, -0.05) is 5.16 Å². The van der Waals surface area contributed by atoms with Crippen LogP contribution in [0.3, 0.4) is 0 Å².